The van der Waals surface area contributed by atoms with E-state index in [1.807, 2.05) is 25.8 Å². The van der Waals surface area contributed by atoms with Gasteiger partial charge in [-0.2, -0.15) is 5.10 Å². The second-order valence-electron chi connectivity index (χ2n) is 6.69. The van der Waals surface area contributed by atoms with Crippen LogP contribution in [0.5, 0.6) is 0 Å². The molecule has 0 saturated carbocycles. The Morgan fingerprint density at radius 1 is 1.35 bits per heavy atom. The van der Waals surface area contributed by atoms with E-state index in [1.165, 1.54) is 0 Å². The summed E-state index contributed by atoms with van der Waals surface area (Å²) in [6.45, 7) is 5.98. The Morgan fingerprint density at radius 3 is 2.61 bits per heavy atom. The summed E-state index contributed by atoms with van der Waals surface area (Å²) in [5.41, 5.74) is 2.57. The minimum absolute atomic E-state index is 0.0278. The molecule has 7 nitrogen and oxygen atoms in total. The van der Waals surface area contributed by atoms with Crippen LogP contribution in [0, 0.1) is 13.8 Å². The number of H-pyrrole nitrogens is 1. The molecule has 0 aliphatic carbocycles. The van der Waals surface area contributed by atoms with Crippen LogP contribution in [0.25, 0.3) is 0 Å². The fourth-order valence-electron chi connectivity index (χ4n) is 3.45. The van der Waals surface area contributed by atoms with Gasteiger partial charge in [-0.25, -0.2) is 0 Å². The van der Waals surface area contributed by atoms with Crippen molar-refractivity contribution in [2.45, 2.75) is 38.7 Å². The molecule has 1 aromatic rings. The minimum Gasteiger partial charge on any atom is -0.363 e. The number of nitrogens with zero attached hydrogens (tertiary/aromatic N) is 3. The number of likely N-dealkylation sites (tertiary alicyclic amines) is 1. The van der Waals surface area contributed by atoms with E-state index in [4.69, 9.17) is 4.74 Å². The average Bonchev–Trinajstić information content (AvgIpc) is 2.84. The molecule has 23 heavy (non-hydrogen) atoms. The molecule has 1 aromatic heterocycles. The second kappa shape index (κ2) is 5.96. The van der Waals surface area contributed by atoms with Crippen molar-refractivity contribution in [3.63, 3.8) is 0 Å². The molecule has 126 valence electrons. The van der Waals surface area contributed by atoms with Crippen LogP contribution in [-0.2, 0) is 20.7 Å². The van der Waals surface area contributed by atoms with E-state index in [1.54, 1.807) is 4.90 Å². The number of ether oxygens (including phenoxy) is 1. The summed E-state index contributed by atoms with van der Waals surface area (Å²) in [5, 5.41) is 7.07. The fraction of sp³-hybridized carbons (Fsp3) is 0.688. The van der Waals surface area contributed by atoms with Gasteiger partial charge in [-0.15, -0.1) is 0 Å². The van der Waals surface area contributed by atoms with Gasteiger partial charge in [-0.1, -0.05) is 0 Å². The van der Waals surface area contributed by atoms with Gasteiger partial charge in [0, 0.05) is 37.9 Å². The van der Waals surface area contributed by atoms with Crippen molar-refractivity contribution in [2.24, 2.45) is 0 Å². The van der Waals surface area contributed by atoms with Crippen LogP contribution in [0.15, 0.2) is 0 Å². The largest absolute Gasteiger partial charge is 0.363 e. The van der Waals surface area contributed by atoms with Crippen molar-refractivity contribution in [2.75, 3.05) is 33.3 Å². The van der Waals surface area contributed by atoms with Gasteiger partial charge in [-0.3, -0.25) is 14.7 Å². The first-order valence-corrected chi connectivity index (χ1v) is 8.06. The molecule has 3 rings (SSSR count). The number of likely N-dealkylation sites (N-methyl/N-ethyl adjacent to an activating group) is 1. The average molecular weight is 320 g/mol. The number of hydrogen-bond donors (Lipinski definition) is 1. The summed E-state index contributed by atoms with van der Waals surface area (Å²) in [5.74, 6) is 0.160. The SMILES string of the molecule is Cc1n[nH]c(C)c1CC(=O)N1CCC2(CC1)CN(C)C(=O)CO2. The number of carbonyl (C=O) groups excluding carboxylic acids is 2. The van der Waals surface area contributed by atoms with E-state index in [2.05, 4.69) is 10.2 Å². The normalized spacial score (nSPS) is 21.1. The molecule has 0 aromatic carbocycles. The minimum atomic E-state index is -0.277. The lowest BCUT2D eigenvalue weighted by molar-refractivity contribution is -0.170. The summed E-state index contributed by atoms with van der Waals surface area (Å²) < 4.78 is 5.82. The van der Waals surface area contributed by atoms with E-state index in [0.29, 0.717) is 26.1 Å². The predicted octanol–water partition coefficient (Wildman–Crippen LogP) is 0.419. The number of hydrogen-bond acceptors (Lipinski definition) is 4. The molecule has 7 heteroatoms. The van der Waals surface area contributed by atoms with Gasteiger partial charge in [0.25, 0.3) is 0 Å². The number of aromatic nitrogens is 2. The third-order valence-electron chi connectivity index (χ3n) is 5.09. The molecule has 2 aliphatic heterocycles. The lowest BCUT2D eigenvalue weighted by Crippen LogP contribution is -2.58. The molecule has 2 saturated heterocycles. The van der Waals surface area contributed by atoms with Gasteiger partial charge >= 0.3 is 0 Å². The molecule has 1 spiro atoms. The van der Waals surface area contributed by atoms with Gasteiger partial charge < -0.3 is 14.5 Å². The molecular weight excluding hydrogens is 296 g/mol. The Balaban J connectivity index is 1.58. The Kier molecular flexibility index (Phi) is 4.14. The molecule has 3 heterocycles. The third kappa shape index (κ3) is 3.10. The number of amides is 2. The van der Waals surface area contributed by atoms with Crippen LogP contribution in [0.1, 0.15) is 29.8 Å². The predicted molar refractivity (Wildman–Crippen MR) is 83.9 cm³/mol. The second-order valence-corrected chi connectivity index (χ2v) is 6.69. The van der Waals surface area contributed by atoms with Crippen molar-refractivity contribution in [1.29, 1.82) is 0 Å². The van der Waals surface area contributed by atoms with E-state index < -0.39 is 0 Å². The summed E-state index contributed by atoms with van der Waals surface area (Å²) >= 11 is 0. The zero-order valence-electron chi connectivity index (χ0n) is 14.0. The third-order valence-corrected chi connectivity index (χ3v) is 5.09. The van der Waals surface area contributed by atoms with Crippen molar-refractivity contribution in [1.82, 2.24) is 20.0 Å². The number of aryl methyl sites for hydroxylation is 2. The first-order chi connectivity index (χ1) is 10.9. The molecule has 1 N–H and O–H groups in total. The molecule has 2 fully saturated rings. The summed E-state index contributed by atoms with van der Waals surface area (Å²) in [4.78, 5) is 27.7. The molecule has 0 radical (unpaired) electrons. The maximum Gasteiger partial charge on any atom is 0.248 e. The number of nitrogens with one attached hydrogen (secondary N) is 1. The van der Waals surface area contributed by atoms with E-state index in [0.717, 1.165) is 29.8 Å². The standard InChI is InChI=1S/C16H24N4O3/c1-11-13(12(2)18-17-11)8-14(21)20-6-4-16(5-7-20)10-19(3)15(22)9-23-16/h4-10H2,1-3H3,(H,17,18). The van der Waals surface area contributed by atoms with Crippen LogP contribution >= 0.6 is 0 Å². The van der Waals surface area contributed by atoms with Crippen LogP contribution in [0.4, 0.5) is 0 Å². The zero-order chi connectivity index (χ0) is 16.6. The Morgan fingerprint density at radius 2 is 2.04 bits per heavy atom. The van der Waals surface area contributed by atoms with Gasteiger partial charge in [-0.05, 0) is 26.7 Å². The van der Waals surface area contributed by atoms with Gasteiger partial charge in [0.2, 0.25) is 11.8 Å². The Bertz CT molecular complexity index is 597. The number of morpholine rings is 1. The molecular formula is C16H24N4O3. The summed E-state index contributed by atoms with van der Waals surface area (Å²) in [7, 11) is 1.81. The van der Waals surface area contributed by atoms with Crippen molar-refractivity contribution < 1.29 is 14.3 Å². The van der Waals surface area contributed by atoms with Crippen molar-refractivity contribution in [3.05, 3.63) is 17.0 Å². The number of rotatable bonds is 2. The summed E-state index contributed by atoms with van der Waals surface area (Å²) in [6.07, 6.45) is 1.94. The van der Waals surface area contributed by atoms with E-state index in [-0.39, 0.29) is 24.0 Å². The lowest BCUT2D eigenvalue weighted by Gasteiger charge is -2.46. The first-order valence-electron chi connectivity index (χ1n) is 8.06. The van der Waals surface area contributed by atoms with Crippen molar-refractivity contribution in [3.8, 4) is 0 Å². The van der Waals surface area contributed by atoms with Crippen LogP contribution < -0.4 is 0 Å². The molecule has 0 atom stereocenters. The quantitative estimate of drug-likeness (QED) is 0.856. The van der Waals surface area contributed by atoms with E-state index >= 15 is 0 Å². The van der Waals surface area contributed by atoms with Gasteiger partial charge in [0.1, 0.15) is 6.61 Å². The van der Waals surface area contributed by atoms with Crippen molar-refractivity contribution >= 4 is 11.8 Å². The maximum atomic E-state index is 12.5. The lowest BCUT2D eigenvalue weighted by atomic mass is 9.89. The number of aromatic amines is 1. The van der Waals surface area contributed by atoms with Gasteiger partial charge in [0.05, 0.1) is 17.7 Å². The highest BCUT2D eigenvalue weighted by molar-refractivity contribution is 5.79. The Hall–Kier alpha value is -1.89. The van der Waals surface area contributed by atoms with Gasteiger partial charge in [0.15, 0.2) is 0 Å². The molecule has 0 unspecified atom stereocenters. The van der Waals surface area contributed by atoms with Crippen LogP contribution in [0.3, 0.4) is 0 Å². The zero-order valence-corrected chi connectivity index (χ0v) is 14.0. The molecule has 2 amide bonds. The van der Waals surface area contributed by atoms with Crippen LogP contribution in [-0.4, -0.2) is 70.7 Å². The number of piperidine rings is 1. The monoisotopic (exact) mass is 320 g/mol. The first kappa shape index (κ1) is 16.0. The topological polar surface area (TPSA) is 78.5 Å². The maximum absolute atomic E-state index is 12.5. The highest BCUT2D eigenvalue weighted by Crippen LogP contribution is 2.30. The highest BCUT2D eigenvalue weighted by Gasteiger charge is 2.41. The Labute approximate surface area is 136 Å². The molecule has 2 aliphatic rings. The molecule has 0 bridgehead atoms. The van der Waals surface area contributed by atoms with E-state index in [9.17, 15) is 9.59 Å². The summed E-state index contributed by atoms with van der Waals surface area (Å²) in [6, 6.07) is 0. The highest BCUT2D eigenvalue weighted by atomic mass is 16.5. The fourth-order valence-corrected chi connectivity index (χ4v) is 3.45. The smallest absolute Gasteiger partial charge is 0.248 e. The number of carbonyl (C=O) groups is 2. The van der Waals surface area contributed by atoms with Crippen LogP contribution in [0.2, 0.25) is 0 Å².